The third kappa shape index (κ3) is 3.95. The van der Waals surface area contributed by atoms with E-state index in [0.717, 1.165) is 19.3 Å². The number of amides is 2. The summed E-state index contributed by atoms with van der Waals surface area (Å²) in [4.78, 5) is 25.4. The molecule has 0 aromatic heterocycles. The minimum absolute atomic E-state index is 0.00141. The van der Waals surface area contributed by atoms with E-state index in [9.17, 15) is 9.59 Å². The Morgan fingerprint density at radius 2 is 1.80 bits per heavy atom. The SMILES string of the molecule is NC(=O)C1CCCN(C(=O)C(N)CC2CCCCC2)C1. The topological polar surface area (TPSA) is 89.4 Å². The fraction of sp³-hybridized carbons (Fsp3) is 0.867. The molecule has 1 saturated heterocycles. The summed E-state index contributed by atoms with van der Waals surface area (Å²) < 4.78 is 0. The molecule has 2 rings (SSSR count). The van der Waals surface area contributed by atoms with Gasteiger partial charge in [-0.15, -0.1) is 0 Å². The average molecular weight is 281 g/mol. The van der Waals surface area contributed by atoms with Gasteiger partial charge in [0.1, 0.15) is 0 Å². The lowest BCUT2D eigenvalue weighted by atomic mass is 9.84. The lowest BCUT2D eigenvalue weighted by Gasteiger charge is -2.34. The van der Waals surface area contributed by atoms with E-state index in [0.29, 0.717) is 19.0 Å². The zero-order valence-electron chi connectivity index (χ0n) is 12.2. The van der Waals surface area contributed by atoms with E-state index < -0.39 is 6.04 Å². The Balaban J connectivity index is 1.84. The van der Waals surface area contributed by atoms with Crippen LogP contribution >= 0.6 is 0 Å². The minimum atomic E-state index is -0.412. The Kier molecular flexibility index (Phi) is 5.40. The van der Waals surface area contributed by atoms with Crippen molar-refractivity contribution >= 4 is 11.8 Å². The molecule has 0 bridgehead atoms. The van der Waals surface area contributed by atoms with Gasteiger partial charge in [-0.1, -0.05) is 32.1 Å². The molecule has 5 nitrogen and oxygen atoms in total. The van der Waals surface area contributed by atoms with Gasteiger partial charge in [-0.25, -0.2) is 0 Å². The molecule has 1 heterocycles. The second kappa shape index (κ2) is 7.07. The van der Waals surface area contributed by atoms with Gasteiger partial charge in [0.2, 0.25) is 11.8 Å². The van der Waals surface area contributed by atoms with Gasteiger partial charge >= 0.3 is 0 Å². The number of piperidine rings is 1. The van der Waals surface area contributed by atoms with Crippen LogP contribution < -0.4 is 11.5 Å². The number of hydrogen-bond donors (Lipinski definition) is 2. The standard InChI is InChI=1S/C15H27N3O2/c16-13(9-11-5-2-1-3-6-11)15(20)18-8-4-7-12(10-18)14(17)19/h11-13H,1-10,16H2,(H2,17,19). The molecule has 0 radical (unpaired) electrons. The van der Waals surface area contributed by atoms with Gasteiger partial charge in [0.25, 0.3) is 0 Å². The molecule has 1 saturated carbocycles. The molecule has 1 aliphatic heterocycles. The molecule has 2 unspecified atom stereocenters. The van der Waals surface area contributed by atoms with Crippen LogP contribution in [0, 0.1) is 11.8 Å². The molecule has 0 aromatic carbocycles. The average Bonchev–Trinajstić information content (AvgIpc) is 2.47. The second-order valence-corrected chi connectivity index (χ2v) is 6.37. The van der Waals surface area contributed by atoms with Crippen molar-refractivity contribution in [1.29, 1.82) is 0 Å². The van der Waals surface area contributed by atoms with Crippen molar-refractivity contribution in [2.75, 3.05) is 13.1 Å². The van der Waals surface area contributed by atoms with Crippen LogP contribution in [0.3, 0.4) is 0 Å². The van der Waals surface area contributed by atoms with Gasteiger partial charge in [0.05, 0.1) is 12.0 Å². The zero-order chi connectivity index (χ0) is 14.5. The highest BCUT2D eigenvalue weighted by Gasteiger charge is 2.30. The third-order valence-corrected chi connectivity index (χ3v) is 4.76. The Labute approximate surface area is 121 Å². The van der Waals surface area contributed by atoms with E-state index in [1.54, 1.807) is 4.90 Å². The molecule has 2 atom stereocenters. The van der Waals surface area contributed by atoms with Crippen LogP contribution in [0.4, 0.5) is 0 Å². The summed E-state index contributed by atoms with van der Waals surface area (Å²) >= 11 is 0. The summed E-state index contributed by atoms with van der Waals surface area (Å²) in [5.74, 6) is 0.0962. The highest BCUT2D eigenvalue weighted by Crippen LogP contribution is 2.27. The summed E-state index contributed by atoms with van der Waals surface area (Å²) in [5, 5.41) is 0. The largest absolute Gasteiger partial charge is 0.369 e. The van der Waals surface area contributed by atoms with Crippen LogP contribution in [0.5, 0.6) is 0 Å². The smallest absolute Gasteiger partial charge is 0.239 e. The van der Waals surface area contributed by atoms with Crippen molar-refractivity contribution in [3.05, 3.63) is 0 Å². The van der Waals surface area contributed by atoms with E-state index in [-0.39, 0.29) is 17.7 Å². The maximum atomic E-state index is 12.4. The normalized spacial score (nSPS) is 26.2. The van der Waals surface area contributed by atoms with Crippen LogP contribution in [0.1, 0.15) is 51.4 Å². The van der Waals surface area contributed by atoms with E-state index in [1.165, 1.54) is 32.1 Å². The maximum absolute atomic E-state index is 12.4. The van der Waals surface area contributed by atoms with Gasteiger partial charge in [-0.2, -0.15) is 0 Å². The first kappa shape index (κ1) is 15.3. The summed E-state index contributed by atoms with van der Waals surface area (Å²) in [6.07, 6.45) is 8.66. The molecule has 114 valence electrons. The molecule has 0 spiro atoms. The van der Waals surface area contributed by atoms with Gasteiger partial charge in [0, 0.05) is 13.1 Å². The van der Waals surface area contributed by atoms with Crippen molar-refractivity contribution in [2.45, 2.75) is 57.4 Å². The molecule has 1 aliphatic carbocycles. The predicted octanol–water partition coefficient (Wildman–Crippen LogP) is 1.01. The number of primary amides is 1. The van der Waals surface area contributed by atoms with Gasteiger partial charge in [0.15, 0.2) is 0 Å². The van der Waals surface area contributed by atoms with E-state index in [2.05, 4.69) is 0 Å². The minimum Gasteiger partial charge on any atom is -0.369 e. The summed E-state index contributed by atoms with van der Waals surface area (Å²) in [5.41, 5.74) is 11.4. The van der Waals surface area contributed by atoms with Gasteiger partial charge in [-0.05, 0) is 25.2 Å². The molecule has 5 heteroatoms. The number of carbonyl (C=O) groups is 2. The van der Waals surface area contributed by atoms with Crippen LogP contribution in [-0.4, -0.2) is 35.8 Å². The number of rotatable bonds is 4. The van der Waals surface area contributed by atoms with Crippen LogP contribution in [0.15, 0.2) is 0 Å². The van der Waals surface area contributed by atoms with Gasteiger partial charge < -0.3 is 16.4 Å². The number of nitrogens with two attached hydrogens (primary N) is 2. The first-order valence-corrected chi connectivity index (χ1v) is 7.91. The predicted molar refractivity (Wildman–Crippen MR) is 77.7 cm³/mol. The Bertz CT molecular complexity index is 353. The lowest BCUT2D eigenvalue weighted by Crippen LogP contribution is -2.50. The van der Waals surface area contributed by atoms with E-state index >= 15 is 0 Å². The molecular weight excluding hydrogens is 254 g/mol. The fourth-order valence-electron chi connectivity index (χ4n) is 3.53. The van der Waals surface area contributed by atoms with E-state index in [4.69, 9.17) is 11.5 Å². The molecule has 2 fully saturated rings. The lowest BCUT2D eigenvalue weighted by molar-refractivity contribution is -0.136. The van der Waals surface area contributed by atoms with E-state index in [1.807, 2.05) is 0 Å². The van der Waals surface area contributed by atoms with Crippen molar-refractivity contribution in [1.82, 2.24) is 4.90 Å². The van der Waals surface area contributed by atoms with Crippen LogP contribution in [-0.2, 0) is 9.59 Å². The Hall–Kier alpha value is -1.10. The molecule has 2 amide bonds. The van der Waals surface area contributed by atoms with Crippen molar-refractivity contribution in [3.63, 3.8) is 0 Å². The highest BCUT2D eigenvalue weighted by atomic mass is 16.2. The second-order valence-electron chi connectivity index (χ2n) is 6.37. The fourth-order valence-corrected chi connectivity index (χ4v) is 3.53. The number of hydrogen-bond acceptors (Lipinski definition) is 3. The van der Waals surface area contributed by atoms with Crippen molar-refractivity contribution < 1.29 is 9.59 Å². The number of nitrogens with zero attached hydrogens (tertiary/aromatic N) is 1. The molecule has 4 N–H and O–H groups in total. The Morgan fingerprint density at radius 1 is 1.10 bits per heavy atom. The maximum Gasteiger partial charge on any atom is 0.239 e. The molecular formula is C15H27N3O2. The first-order chi connectivity index (χ1) is 9.58. The quantitative estimate of drug-likeness (QED) is 0.806. The summed E-state index contributed by atoms with van der Waals surface area (Å²) in [6, 6.07) is -0.412. The Morgan fingerprint density at radius 3 is 2.45 bits per heavy atom. The van der Waals surface area contributed by atoms with Crippen LogP contribution in [0.25, 0.3) is 0 Å². The summed E-state index contributed by atoms with van der Waals surface area (Å²) in [6.45, 7) is 1.16. The van der Waals surface area contributed by atoms with Crippen molar-refractivity contribution in [3.8, 4) is 0 Å². The zero-order valence-corrected chi connectivity index (χ0v) is 12.2. The number of carbonyl (C=O) groups excluding carboxylic acids is 2. The van der Waals surface area contributed by atoms with Gasteiger partial charge in [-0.3, -0.25) is 9.59 Å². The first-order valence-electron chi connectivity index (χ1n) is 7.91. The highest BCUT2D eigenvalue weighted by molar-refractivity contribution is 5.83. The van der Waals surface area contributed by atoms with Crippen LogP contribution in [0.2, 0.25) is 0 Å². The summed E-state index contributed by atoms with van der Waals surface area (Å²) in [7, 11) is 0. The van der Waals surface area contributed by atoms with Crippen molar-refractivity contribution in [2.24, 2.45) is 23.3 Å². The molecule has 2 aliphatic rings. The molecule has 0 aromatic rings. The number of likely N-dealkylation sites (tertiary alicyclic amines) is 1. The monoisotopic (exact) mass is 281 g/mol. The third-order valence-electron chi connectivity index (χ3n) is 4.76. The molecule has 20 heavy (non-hydrogen) atoms.